The number of benzene rings is 2. The SMILES string of the molecule is CC[C@H](C(=O)NCC(C)C)N(Cc1ccc(OC)cc1)C(=O)CCCN(c1ccccc1C)S(C)(=O)=O. The molecule has 8 nitrogen and oxygen atoms in total. The minimum absolute atomic E-state index is 0.113. The van der Waals surface area contributed by atoms with Crippen molar-refractivity contribution in [3.05, 3.63) is 59.7 Å². The number of hydrogen-bond donors (Lipinski definition) is 1. The molecule has 0 bridgehead atoms. The minimum atomic E-state index is -3.53. The Morgan fingerprint density at radius 1 is 1.05 bits per heavy atom. The lowest BCUT2D eigenvalue weighted by atomic mass is 10.1. The average molecular weight is 532 g/mol. The van der Waals surface area contributed by atoms with Crippen LogP contribution in [0, 0.1) is 12.8 Å². The molecular weight excluding hydrogens is 490 g/mol. The molecule has 2 rings (SSSR count). The van der Waals surface area contributed by atoms with Crippen molar-refractivity contribution in [1.29, 1.82) is 0 Å². The van der Waals surface area contributed by atoms with Crippen LogP contribution in [-0.2, 0) is 26.2 Å². The van der Waals surface area contributed by atoms with E-state index in [4.69, 9.17) is 4.74 Å². The van der Waals surface area contributed by atoms with E-state index in [2.05, 4.69) is 5.32 Å². The van der Waals surface area contributed by atoms with Gasteiger partial charge in [0.1, 0.15) is 11.8 Å². The number of nitrogens with zero attached hydrogens (tertiary/aromatic N) is 2. The summed E-state index contributed by atoms with van der Waals surface area (Å²) in [6.07, 6.45) is 2.07. The molecule has 2 aromatic carbocycles. The molecule has 0 saturated heterocycles. The van der Waals surface area contributed by atoms with Gasteiger partial charge in [-0.25, -0.2) is 8.42 Å². The van der Waals surface area contributed by atoms with Crippen LogP contribution in [0.25, 0.3) is 0 Å². The number of rotatable bonds is 14. The molecule has 0 aliphatic carbocycles. The van der Waals surface area contributed by atoms with Crippen LogP contribution in [0.2, 0.25) is 0 Å². The van der Waals surface area contributed by atoms with Crippen LogP contribution in [0.1, 0.15) is 51.2 Å². The zero-order valence-corrected chi connectivity index (χ0v) is 23.7. The Morgan fingerprint density at radius 3 is 2.24 bits per heavy atom. The van der Waals surface area contributed by atoms with E-state index in [0.717, 1.165) is 11.1 Å². The van der Waals surface area contributed by atoms with E-state index < -0.39 is 16.1 Å². The first-order chi connectivity index (χ1) is 17.5. The summed E-state index contributed by atoms with van der Waals surface area (Å²) in [5, 5.41) is 2.95. The highest BCUT2D eigenvalue weighted by Gasteiger charge is 2.29. The number of sulfonamides is 1. The Kier molecular flexibility index (Phi) is 11.4. The first-order valence-electron chi connectivity index (χ1n) is 12.7. The second-order valence-electron chi connectivity index (χ2n) is 9.66. The molecule has 0 saturated carbocycles. The first kappa shape index (κ1) is 30.2. The molecule has 0 heterocycles. The van der Waals surface area contributed by atoms with Gasteiger partial charge in [-0.3, -0.25) is 13.9 Å². The fourth-order valence-corrected chi connectivity index (χ4v) is 5.12. The summed E-state index contributed by atoms with van der Waals surface area (Å²) in [6.45, 7) is 8.74. The van der Waals surface area contributed by atoms with Crippen molar-refractivity contribution in [2.45, 2.75) is 59.5 Å². The molecule has 0 aliphatic heterocycles. The van der Waals surface area contributed by atoms with Gasteiger partial charge >= 0.3 is 0 Å². The molecule has 0 aromatic heterocycles. The fourth-order valence-electron chi connectivity index (χ4n) is 4.10. The summed E-state index contributed by atoms with van der Waals surface area (Å²) < 4.78 is 31.6. The number of hydrogen-bond acceptors (Lipinski definition) is 5. The van der Waals surface area contributed by atoms with Gasteiger partial charge in [0.05, 0.1) is 19.1 Å². The highest BCUT2D eigenvalue weighted by molar-refractivity contribution is 7.92. The van der Waals surface area contributed by atoms with Crippen molar-refractivity contribution >= 4 is 27.5 Å². The maximum atomic E-state index is 13.5. The molecule has 0 unspecified atom stereocenters. The molecular formula is C28H41N3O5S. The number of ether oxygens (including phenoxy) is 1. The molecule has 0 radical (unpaired) electrons. The lowest BCUT2D eigenvalue weighted by Gasteiger charge is -2.31. The van der Waals surface area contributed by atoms with Crippen LogP contribution in [0.5, 0.6) is 5.75 Å². The van der Waals surface area contributed by atoms with E-state index in [0.29, 0.717) is 30.8 Å². The van der Waals surface area contributed by atoms with E-state index in [1.165, 1.54) is 10.6 Å². The Balaban J connectivity index is 2.22. The monoisotopic (exact) mass is 531 g/mol. The van der Waals surface area contributed by atoms with Gasteiger partial charge in [-0.05, 0) is 55.0 Å². The van der Waals surface area contributed by atoms with Gasteiger partial charge in [0.25, 0.3) is 0 Å². The smallest absolute Gasteiger partial charge is 0.242 e. The van der Waals surface area contributed by atoms with E-state index in [1.54, 1.807) is 24.1 Å². The van der Waals surface area contributed by atoms with Crippen molar-refractivity contribution in [2.24, 2.45) is 5.92 Å². The highest BCUT2D eigenvalue weighted by Crippen LogP contribution is 2.23. The van der Waals surface area contributed by atoms with Gasteiger partial charge < -0.3 is 15.0 Å². The number of nitrogens with one attached hydrogen (secondary N) is 1. The number of amides is 2. The number of aryl methyl sites for hydroxylation is 1. The third-order valence-electron chi connectivity index (χ3n) is 6.12. The number of methoxy groups -OCH3 is 1. The third-order valence-corrected chi connectivity index (χ3v) is 7.30. The largest absolute Gasteiger partial charge is 0.497 e. The maximum Gasteiger partial charge on any atom is 0.242 e. The van der Waals surface area contributed by atoms with Crippen LogP contribution >= 0.6 is 0 Å². The van der Waals surface area contributed by atoms with Crippen LogP contribution in [0.15, 0.2) is 48.5 Å². The van der Waals surface area contributed by atoms with Crippen molar-refractivity contribution in [2.75, 3.05) is 30.8 Å². The summed E-state index contributed by atoms with van der Waals surface area (Å²) in [7, 11) is -1.94. The second kappa shape index (κ2) is 14.0. The molecule has 37 heavy (non-hydrogen) atoms. The summed E-state index contributed by atoms with van der Waals surface area (Å²) in [6, 6.07) is 14.0. The predicted octanol–water partition coefficient (Wildman–Crippen LogP) is 4.13. The van der Waals surface area contributed by atoms with Crippen molar-refractivity contribution < 1.29 is 22.7 Å². The number of anilines is 1. The second-order valence-corrected chi connectivity index (χ2v) is 11.6. The highest BCUT2D eigenvalue weighted by atomic mass is 32.2. The number of carbonyl (C=O) groups is 2. The standard InChI is InChI=1S/C28H41N3O5S/c1-7-25(28(33)29-19-21(2)3)30(20-23-14-16-24(36-5)17-15-23)27(32)13-10-18-31(37(6,34)35)26-12-9-8-11-22(26)4/h8-9,11-12,14-17,21,25H,7,10,13,18-20H2,1-6H3,(H,29,33)/t25-/m1/s1. The molecule has 9 heteroatoms. The van der Waals surface area contributed by atoms with Crippen LogP contribution in [0.4, 0.5) is 5.69 Å². The molecule has 2 aromatic rings. The van der Waals surface area contributed by atoms with E-state index in [1.807, 2.05) is 64.1 Å². The van der Waals surface area contributed by atoms with Crippen molar-refractivity contribution in [3.63, 3.8) is 0 Å². The normalized spacial score (nSPS) is 12.2. The molecule has 1 atom stereocenters. The number of carbonyl (C=O) groups excluding carboxylic acids is 2. The van der Waals surface area contributed by atoms with Crippen molar-refractivity contribution in [1.82, 2.24) is 10.2 Å². The summed E-state index contributed by atoms with van der Waals surface area (Å²) in [5.41, 5.74) is 2.32. The van der Waals surface area contributed by atoms with Gasteiger partial charge in [-0.1, -0.05) is 51.1 Å². The van der Waals surface area contributed by atoms with Gasteiger partial charge in [0.15, 0.2) is 0 Å². The number of para-hydroxylation sites is 1. The quantitative estimate of drug-likeness (QED) is 0.396. The topological polar surface area (TPSA) is 96.0 Å². The van der Waals surface area contributed by atoms with Crippen molar-refractivity contribution in [3.8, 4) is 5.75 Å². The molecule has 2 amide bonds. The molecule has 0 aliphatic rings. The maximum absolute atomic E-state index is 13.5. The Labute approximate surface area is 222 Å². The molecule has 204 valence electrons. The third kappa shape index (κ3) is 9.07. The summed E-state index contributed by atoms with van der Waals surface area (Å²) in [4.78, 5) is 28.1. The predicted molar refractivity (Wildman–Crippen MR) is 148 cm³/mol. The van der Waals surface area contributed by atoms with E-state index >= 15 is 0 Å². The van der Waals surface area contributed by atoms with Gasteiger partial charge in [-0.15, -0.1) is 0 Å². The molecule has 1 N–H and O–H groups in total. The summed E-state index contributed by atoms with van der Waals surface area (Å²) in [5.74, 6) is 0.618. The van der Waals surface area contributed by atoms with Crippen LogP contribution in [0.3, 0.4) is 0 Å². The fraction of sp³-hybridized carbons (Fsp3) is 0.500. The molecule has 0 spiro atoms. The molecule has 0 fully saturated rings. The van der Waals surface area contributed by atoms with E-state index in [-0.39, 0.29) is 37.2 Å². The van der Waals surface area contributed by atoms with Gasteiger partial charge in [-0.2, -0.15) is 0 Å². The van der Waals surface area contributed by atoms with Gasteiger partial charge in [0.2, 0.25) is 21.8 Å². The van der Waals surface area contributed by atoms with E-state index in [9.17, 15) is 18.0 Å². The Morgan fingerprint density at radius 2 is 1.70 bits per heavy atom. The summed E-state index contributed by atoms with van der Waals surface area (Å²) >= 11 is 0. The van der Waals surface area contributed by atoms with Gasteiger partial charge in [0, 0.05) is 26.1 Å². The zero-order valence-electron chi connectivity index (χ0n) is 22.9. The minimum Gasteiger partial charge on any atom is -0.497 e. The zero-order chi connectivity index (χ0) is 27.6. The Hall–Kier alpha value is -3.07. The Bertz CT molecular complexity index is 1130. The van der Waals surface area contributed by atoms with Crippen LogP contribution < -0.4 is 14.4 Å². The lowest BCUT2D eigenvalue weighted by Crippen LogP contribution is -2.49. The lowest BCUT2D eigenvalue weighted by molar-refractivity contribution is -0.141. The van der Waals surface area contributed by atoms with Crippen LogP contribution in [-0.4, -0.2) is 57.6 Å². The first-order valence-corrected chi connectivity index (χ1v) is 14.6. The average Bonchev–Trinajstić information content (AvgIpc) is 2.85.